The molecule has 3 N–H and O–H groups in total. The van der Waals surface area contributed by atoms with Crippen LogP contribution in [0.5, 0.6) is 0 Å². The number of nitrogens with zero attached hydrogens (tertiary/aromatic N) is 2. The second-order valence-electron chi connectivity index (χ2n) is 4.09. The van der Waals surface area contributed by atoms with Crippen LogP contribution in [0.1, 0.15) is 13.8 Å². The molecule has 1 aliphatic heterocycles. The third-order valence-electron chi connectivity index (χ3n) is 2.24. The molecule has 2 heterocycles. The molecule has 0 aromatic carbocycles. The first kappa shape index (κ1) is 10.2. The van der Waals surface area contributed by atoms with Crippen LogP contribution in [0.4, 0.5) is 11.6 Å². The lowest BCUT2D eigenvalue weighted by Gasteiger charge is -2.28. The Hall–Kier alpha value is -1.36. The fourth-order valence-corrected chi connectivity index (χ4v) is 1.41. The zero-order valence-electron chi connectivity index (χ0n) is 9.12. The zero-order chi connectivity index (χ0) is 10.7. The maximum atomic E-state index is 4.18. The van der Waals surface area contributed by atoms with Gasteiger partial charge in [-0.3, -0.25) is 0 Å². The fraction of sp³-hybridized carbons (Fsp3) is 0.600. The molecule has 0 radical (unpaired) electrons. The van der Waals surface area contributed by atoms with E-state index in [2.05, 4.69) is 39.8 Å². The van der Waals surface area contributed by atoms with Crippen molar-refractivity contribution in [2.45, 2.75) is 25.9 Å². The first-order valence-electron chi connectivity index (χ1n) is 5.30. The van der Waals surface area contributed by atoms with Crippen molar-refractivity contribution >= 4 is 11.6 Å². The largest absolute Gasteiger partial charge is 0.368 e. The topological polar surface area (TPSA) is 61.9 Å². The predicted octanol–water partition coefficient (Wildman–Crippen LogP) is 0.681. The second kappa shape index (κ2) is 4.44. The fourth-order valence-electron chi connectivity index (χ4n) is 1.41. The molecule has 0 bridgehead atoms. The first-order valence-corrected chi connectivity index (χ1v) is 5.30. The Morgan fingerprint density at radius 3 is 2.67 bits per heavy atom. The Morgan fingerprint density at radius 1 is 1.33 bits per heavy atom. The van der Waals surface area contributed by atoms with Crippen LogP contribution >= 0.6 is 0 Å². The Balaban J connectivity index is 1.98. The zero-order valence-corrected chi connectivity index (χ0v) is 9.12. The summed E-state index contributed by atoms with van der Waals surface area (Å²) in [6.45, 7) is 6.20. The number of aromatic nitrogens is 2. The monoisotopic (exact) mass is 207 g/mol. The molecule has 0 atom stereocenters. The van der Waals surface area contributed by atoms with Crippen molar-refractivity contribution < 1.29 is 0 Å². The highest BCUT2D eigenvalue weighted by Crippen LogP contribution is 2.11. The summed E-state index contributed by atoms with van der Waals surface area (Å²) < 4.78 is 0. The first-order chi connectivity index (χ1) is 7.24. The van der Waals surface area contributed by atoms with Crippen LogP contribution in [0.3, 0.4) is 0 Å². The van der Waals surface area contributed by atoms with Gasteiger partial charge < -0.3 is 16.0 Å². The van der Waals surface area contributed by atoms with Gasteiger partial charge in [-0.05, 0) is 13.8 Å². The number of hydrogen-bond acceptors (Lipinski definition) is 5. The Bertz CT molecular complexity index is 321. The average Bonchev–Trinajstić information content (AvgIpc) is 2.11. The normalized spacial score (nSPS) is 16.2. The highest BCUT2D eigenvalue weighted by atomic mass is 15.1. The van der Waals surface area contributed by atoms with Gasteiger partial charge in [0.15, 0.2) is 0 Å². The lowest BCUT2D eigenvalue weighted by Crippen LogP contribution is -2.51. The maximum Gasteiger partial charge on any atom is 0.131 e. The van der Waals surface area contributed by atoms with Gasteiger partial charge in [0.2, 0.25) is 0 Å². The molecule has 82 valence electrons. The quantitative estimate of drug-likeness (QED) is 0.677. The van der Waals surface area contributed by atoms with Crippen LogP contribution in [0.2, 0.25) is 0 Å². The SMILES string of the molecule is CC(C)Nc1cc(NC2CNC2)ncn1. The summed E-state index contributed by atoms with van der Waals surface area (Å²) >= 11 is 0. The number of anilines is 2. The summed E-state index contributed by atoms with van der Waals surface area (Å²) in [4.78, 5) is 8.33. The molecule has 5 nitrogen and oxygen atoms in total. The number of nitrogens with one attached hydrogen (secondary N) is 3. The van der Waals surface area contributed by atoms with E-state index in [-0.39, 0.29) is 0 Å². The van der Waals surface area contributed by atoms with Crippen molar-refractivity contribution in [3.05, 3.63) is 12.4 Å². The molecule has 2 rings (SSSR count). The van der Waals surface area contributed by atoms with Crippen molar-refractivity contribution in [2.24, 2.45) is 0 Å². The number of rotatable bonds is 4. The summed E-state index contributed by atoms with van der Waals surface area (Å²) in [5, 5.41) is 9.79. The molecule has 1 saturated heterocycles. The van der Waals surface area contributed by atoms with Crippen LogP contribution in [0, 0.1) is 0 Å². The molecule has 1 aromatic rings. The van der Waals surface area contributed by atoms with Gasteiger partial charge in [-0.15, -0.1) is 0 Å². The van der Waals surface area contributed by atoms with Gasteiger partial charge in [-0.2, -0.15) is 0 Å². The molecule has 1 aromatic heterocycles. The molecule has 0 saturated carbocycles. The molecular weight excluding hydrogens is 190 g/mol. The van der Waals surface area contributed by atoms with Crippen LogP contribution < -0.4 is 16.0 Å². The van der Waals surface area contributed by atoms with Gasteiger partial charge in [0.1, 0.15) is 18.0 Å². The van der Waals surface area contributed by atoms with Gasteiger partial charge in [0, 0.05) is 25.2 Å². The molecule has 1 fully saturated rings. The standard InChI is InChI=1S/C10H17N5/c1-7(2)14-9-3-10(13-6-12-9)15-8-4-11-5-8/h3,6-8,11H,4-5H2,1-2H3,(H2,12,13,14,15). The summed E-state index contributed by atoms with van der Waals surface area (Å²) in [7, 11) is 0. The molecule has 15 heavy (non-hydrogen) atoms. The van der Waals surface area contributed by atoms with Gasteiger partial charge in [-0.1, -0.05) is 0 Å². The van der Waals surface area contributed by atoms with Crippen LogP contribution in [0.25, 0.3) is 0 Å². The minimum Gasteiger partial charge on any atom is -0.368 e. The van der Waals surface area contributed by atoms with E-state index in [1.165, 1.54) is 0 Å². The van der Waals surface area contributed by atoms with Gasteiger partial charge in [0.05, 0.1) is 6.04 Å². The van der Waals surface area contributed by atoms with E-state index in [0.717, 1.165) is 24.7 Å². The van der Waals surface area contributed by atoms with E-state index in [1.807, 2.05) is 6.07 Å². The predicted molar refractivity (Wildman–Crippen MR) is 61.1 cm³/mol. The molecular formula is C10H17N5. The Morgan fingerprint density at radius 2 is 2.07 bits per heavy atom. The summed E-state index contributed by atoms with van der Waals surface area (Å²) in [5.41, 5.74) is 0. The minimum atomic E-state index is 0.387. The molecule has 0 spiro atoms. The second-order valence-corrected chi connectivity index (χ2v) is 4.09. The van der Waals surface area contributed by atoms with E-state index in [0.29, 0.717) is 12.1 Å². The molecule has 0 unspecified atom stereocenters. The lowest BCUT2D eigenvalue weighted by atomic mass is 10.2. The van der Waals surface area contributed by atoms with E-state index in [9.17, 15) is 0 Å². The third-order valence-corrected chi connectivity index (χ3v) is 2.24. The van der Waals surface area contributed by atoms with Gasteiger partial charge in [0.25, 0.3) is 0 Å². The van der Waals surface area contributed by atoms with Crippen molar-refractivity contribution in [3.8, 4) is 0 Å². The molecule has 0 aliphatic carbocycles. The van der Waals surface area contributed by atoms with Crippen molar-refractivity contribution in [3.63, 3.8) is 0 Å². The smallest absolute Gasteiger partial charge is 0.131 e. The maximum absolute atomic E-state index is 4.18. The highest BCUT2D eigenvalue weighted by Gasteiger charge is 2.16. The van der Waals surface area contributed by atoms with Gasteiger partial charge in [-0.25, -0.2) is 9.97 Å². The summed E-state index contributed by atoms with van der Waals surface area (Å²) in [6, 6.07) is 2.84. The van der Waals surface area contributed by atoms with Gasteiger partial charge >= 0.3 is 0 Å². The van der Waals surface area contributed by atoms with Crippen molar-refractivity contribution in [1.29, 1.82) is 0 Å². The lowest BCUT2D eigenvalue weighted by molar-refractivity contribution is 0.471. The molecule has 1 aliphatic rings. The summed E-state index contributed by atoms with van der Waals surface area (Å²) in [5.74, 6) is 1.76. The van der Waals surface area contributed by atoms with E-state index < -0.39 is 0 Å². The van der Waals surface area contributed by atoms with Crippen LogP contribution in [-0.2, 0) is 0 Å². The Labute approximate surface area is 89.7 Å². The highest BCUT2D eigenvalue weighted by molar-refractivity contribution is 5.47. The van der Waals surface area contributed by atoms with Crippen LogP contribution in [-0.4, -0.2) is 35.1 Å². The van der Waals surface area contributed by atoms with Crippen molar-refractivity contribution in [2.75, 3.05) is 23.7 Å². The third kappa shape index (κ3) is 2.79. The van der Waals surface area contributed by atoms with Crippen molar-refractivity contribution in [1.82, 2.24) is 15.3 Å². The minimum absolute atomic E-state index is 0.387. The van der Waals surface area contributed by atoms with E-state index in [1.54, 1.807) is 6.33 Å². The van der Waals surface area contributed by atoms with E-state index >= 15 is 0 Å². The summed E-state index contributed by atoms with van der Waals surface area (Å²) in [6.07, 6.45) is 1.58. The molecule has 5 heteroatoms. The van der Waals surface area contributed by atoms with E-state index in [4.69, 9.17) is 0 Å². The number of hydrogen-bond donors (Lipinski definition) is 3. The van der Waals surface area contributed by atoms with Crippen LogP contribution in [0.15, 0.2) is 12.4 Å². The average molecular weight is 207 g/mol. The molecule has 0 amide bonds. The Kier molecular flexibility index (Phi) is 3.01.